The summed E-state index contributed by atoms with van der Waals surface area (Å²) in [5, 5.41) is 4.50. The van der Waals surface area contributed by atoms with E-state index < -0.39 is 0 Å². The molecule has 1 aromatic carbocycles. The van der Waals surface area contributed by atoms with E-state index in [2.05, 4.69) is 50.2 Å². The first-order chi connectivity index (χ1) is 9.40. The van der Waals surface area contributed by atoms with Crippen LogP contribution in [-0.2, 0) is 0 Å². The predicted molar refractivity (Wildman–Crippen MR) is 87.3 cm³/mol. The second-order valence-corrected chi connectivity index (χ2v) is 7.20. The number of likely N-dealkylation sites (N-methyl/N-ethyl adjacent to an activating group) is 1. The number of hydrogen-bond donors (Lipinski definition) is 1. The highest BCUT2D eigenvalue weighted by Crippen LogP contribution is 2.31. The van der Waals surface area contributed by atoms with E-state index in [9.17, 15) is 0 Å². The van der Waals surface area contributed by atoms with Crippen molar-refractivity contribution < 1.29 is 0 Å². The lowest BCUT2D eigenvalue weighted by Gasteiger charge is -2.42. The third-order valence-corrected chi connectivity index (χ3v) is 5.07. The largest absolute Gasteiger partial charge is 0.312 e. The molecule has 0 amide bonds. The highest BCUT2D eigenvalue weighted by Gasteiger charge is 2.33. The summed E-state index contributed by atoms with van der Waals surface area (Å²) >= 11 is 5.97. The SMILES string of the molecule is CC(c1ccc(Cl)cc1)N(C)CC1NCCCC1(C)C. The van der Waals surface area contributed by atoms with Crippen LogP contribution >= 0.6 is 11.6 Å². The maximum atomic E-state index is 5.97. The zero-order valence-electron chi connectivity index (χ0n) is 13.1. The molecule has 0 radical (unpaired) electrons. The highest BCUT2D eigenvalue weighted by molar-refractivity contribution is 6.30. The highest BCUT2D eigenvalue weighted by atomic mass is 35.5. The minimum absolute atomic E-state index is 0.381. The van der Waals surface area contributed by atoms with Crippen molar-refractivity contribution in [3.05, 3.63) is 34.9 Å². The monoisotopic (exact) mass is 294 g/mol. The van der Waals surface area contributed by atoms with Gasteiger partial charge in [0.15, 0.2) is 0 Å². The van der Waals surface area contributed by atoms with E-state index in [1.807, 2.05) is 12.1 Å². The average molecular weight is 295 g/mol. The Bertz CT molecular complexity index is 427. The Hall–Kier alpha value is -0.570. The van der Waals surface area contributed by atoms with Gasteiger partial charge in [-0.2, -0.15) is 0 Å². The molecule has 0 aliphatic carbocycles. The number of nitrogens with zero attached hydrogens (tertiary/aromatic N) is 1. The van der Waals surface area contributed by atoms with Crippen molar-refractivity contribution in [3.8, 4) is 0 Å². The van der Waals surface area contributed by atoms with Gasteiger partial charge in [0.1, 0.15) is 0 Å². The molecule has 1 heterocycles. The lowest BCUT2D eigenvalue weighted by Crippen LogP contribution is -2.52. The average Bonchev–Trinajstić information content (AvgIpc) is 2.41. The molecule has 2 atom stereocenters. The number of nitrogens with one attached hydrogen (secondary N) is 1. The zero-order valence-corrected chi connectivity index (χ0v) is 13.9. The molecule has 20 heavy (non-hydrogen) atoms. The number of rotatable bonds is 4. The Morgan fingerprint density at radius 1 is 1.35 bits per heavy atom. The Morgan fingerprint density at radius 2 is 2.00 bits per heavy atom. The number of hydrogen-bond acceptors (Lipinski definition) is 2. The van der Waals surface area contributed by atoms with Crippen LogP contribution in [0.25, 0.3) is 0 Å². The summed E-state index contributed by atoms with van der Waals surface area (Å²) in [7, 11) is 2.21. The molecule has 0 bridgehead atoms. The van der Waals surface area contributed by atoms with Gasteiger partial charge < -0.3 is 5.32 Å². The van der Waals surface area contributed by atoms with Gasteiger partial charge in [-0.05, 0) is 56.5 Å². The molecule has 0 spiro atoms. The van der Waals surface area contributed by atoms with Gasteiger partial charge in [-0.3, -0.25) is 4.90 Å². The van der Waals surface area contributed by atoms with Crippen molar-refractivity contribution in [2.75, 3.05) is 20.1 Å². The normalized spacial score (nSPS) is 23.8. The topological polar surface area (TPSA) is 15.3 Å². The number of halogens is 1. The van der Waals surface area contributed by atoms with Crippen molar-refractivity contribution >= 4 is 11.6 Å². The van der Waals surface area contributed by atoms with Crippen LogP contribution in [0.4, 0.5) is 0 Å². The molecular weight excluding hydrogens is 268 g/mol. The lowest BCUT2D eigenvalue weighted by atomic mass is 9.77. The molecule has 0 saturated carbocycles. The first-order valence-corrected chi connectivity index (χ1v) is 7.97. The van der Waals surface area contributed by atoms with Crippen LogP contribution in [0.3, 0.4) is 0 Å². The van der Waals surface area contributed by atoms with Crippen LogP contribution in [-0.4, -0.2) is 31.1 Å². The van der Waals surface area contributed by atoms with Gasteiger partial charge in [-0.1, -0.05) is 37.6 Å². The van der Waals surface area contributed by atoms with Crippen LogP contribution in [0.1, 0.15) is 45.2 Å². The van der Waals surface area contributed by atoms with Crippen molar-refractivity contribution in [2.45, 2.75) is 45.7 Å². The summed E-state index contributed by atoms with van der Waals surface area (Å²) in [5.41, 5.74) is 1.71. The van der Waals surface area contributed by atoms with Gasteiger partial charge in [0.05, 0.1) is 0 Å². The third kappa shape index (κ3) is 3.75. The molecule has 2 rings (SSSR count). The summed E-state index contributed by atoms with van der Waals surface area (Å²) in [6, 6.07) is 9.18. The molecule has 2 nitrogen and oxygen atoms in total. The predicted octanol–water partition coefficient (Wildman–Crippen LogP) is 4.11. The first kappa shape index (κ1) is 15.8. The second kappa shape index (κ2) is 6.46. The van der Waals surface area contributed by atoms with Crippen LogP contribution < -0.4 is 5.32 Å². The molecule has 1 aromatic rings. The van der Waals surface area contributed by atoms with E-state index >= 15 is 0 Å². The Balaban J connectivity index is 2.00. The summed E-state index contributed by atoms with van der Waals surface area (Å²) in [5.74, 6) is 0. The molecule has 0 aromatic heterocycles. The third-order valence-electron chi connectivity index (χ3n) is 4.82. The summed E-state index contributed by atoms with van der Waals surface area (Å²) in [6.45, 7) is 9.25. The number of benzene rings is 1. The van der Waals surface area contributed by atoms with Crippen molar-refractivity contribution in [3.63, 3.8) is 0 Å². The van der Waals surface area contributed by atoms with Crippen LogP contribution in [0, 0.1) is 5.41 Å². The fraction of sp³-hybridized carbons (Fsp3) is 0.647. The molecular formula is C17H27ClN2. The molecule has 1 aliphatic rings. The molecule has 1 N–H and O–H groups in total. The maximum Gasteiger partial charge on any atom is 0.0406 e. The van der Waals surface area contributed by atoms with Crippen LogP contribution in [0.2, 0.25) is 5.02 Å². The Morgan fingerprint density at radius 3 is 2.60 bits per heavy atom. The van der Waals surface area contributed by atoms with Crippen molar-refractivity contribution in [1.29, 1.82) is 0 Å². The quantitative estimate of drug-likeness (QED) is 0.899. The molecule has 2 unspecified atom stereocenters. The molecule has 1 aliphatic heterocycles. The maximum absolute atomic E-state index is 5.97. The van der Waals surface area contributed by atoms with Gasteiger partial charge in [-0.25, -0.2) is 0 Å². The fourth-order valence-electron chi connectivity index (χ4n) is 3.02. The Labute approximate surface area is 128 Å². The van der Waals surface area contributed by atoms with E-state index in [-0.39, 0.29) is 0 Å². The van der Waals surface area contributed by atoms with E-state index in [1.54, 1.807) is 0 Å². The van der Waals surface area contributed by atoms with Gasteiger partial charge in [0.2, 0.25) is 0 Å². The lowest BCUT2D eigenvalue weighted by molar-refractivity contribution is 0.122. The van der Waals surface area contributed by atoms with E-state index in [0.717, 1.165) is 18.1 Å². The van der Waals surface area contributed by atoms with Crippen LogP contribution in [0.5, 0.6) is 0 Å². The van der Waals surface area contributed by atoms with Gasteiger partial charge in [-0.15, -0.1) is 0 Å². The fourth-order valence-corrected chi connectivity index (χ4v) is 3.15. The number of piperidine rings is 1. The van der Waals surface area contributed by atoms with E-state index in [4.69, 9.17) is 11.6 Å². The second-order valence-electron chi connectivity index (χ2n) is 6.77. The zero-order chi connectivity index (χ0) is 14.8. The molecule has 112 valence electrons. The molecule has 1 saturated heterocycles. The first-order valence-electron chi connectivity index (χ1n) is 7.59. The molecule has 3 heteroatoms. The minimum atomic E-state index is 0.381. The smallest absolute Gasteiger partial charge is 0.0406 e. The van der Waals surface area contributed by atoms with E-state index in [0.29, 0.717) is 17.5 Å². The van der Waals surface area contributed by atoms with E-state index in [1.165, 1.54) is 18.4 Å². The van der Waals surface area contributed by atoms with Crippen molar-refractivity contribution in [2.24, 2.45) is 5.41 Å². The minimum Gasteiger partial charge on any atom is -0.312 e. The standard InChI is InChI=1S/C17H27ClN2/c1-13(14-6-8-15(18)9-7-14)20(4)12-16-17(2,3)10-5-11-19-16/h6-9,13,16,19H,5,10-12H2,1-4H3. The van der Waals surface area contributed by atoms with Crippen LogP contribution in [0.15, 0.2) is 24.3 Å². The summed E-state index contributed by atoms with van der Waals surface area (Å²) in [4.78, 5) is 2.44. The van der Waals surface area contributed by atoms with Gasteiger partial charge >= 0.3 is 0 Å². The molecule has 1 fully saturated rings. The van der Waals surface area contributed by atoms with Gasteiger partial charge in [0.25, 0.3) is 0 Å². The van der Waals surface area contributed by atoms with Gasteiger partial charge in [0, 0.05) is 23.7 Å². The summed E-state index contributed by atoms with van der Waals surface area (Å²) in [6.07, 6.45) is 2.60. The van der Waals surface area contributed by atoms with Crippen molar-refractivity contribution in [1.82, 2.24) is 10.2 Å². The summed E-state index contributed by atoms with van der Waals surface area (Å²) < 4.78 is 0. The Kier molecular flexibility index (Phi) is 5.11.